The molecule has 0 saturated heterocycles. The van der Waals surface area contributed by atoms with Crippen molar-refractivity contribution < 1.29 is 4.74 Å². The number of benzene rings is 2. The minimum atomic E-state index is 0.622. The summed E-state index contributed by atoms with van der Waals surface area (Å²) < 4.78 is 5.99. The first kappa shape index (κ1) is 14.9. The van der Waals surface area contributed by atoms with Gasteiger partial charge in [0, 0.05) is 4.90 Å². The molecule has 1 N–H and O–H groups in total. The molecule has 0 fully saturated rings. The van der Waals surface area contributed by atoms with Crippen LogP contribution in [0.2, 0.25) is 0 Å². The summed E-state index contributed by atoms with van der Waals surface area (Å²) in [6.45, 7) is 1.61. The van der Waals surface area contributed by atoms with Crippen molar-refractivity contribution in [2.45, 2.75) is 17.9 Å². The summed E-state index contributed by atoms with van der Waals surface area (Å²) in [5.41, 5.74) is 2.61. The Balaban J connectivity index is 2.06. The molecule has 0 radical (unpaired) electrons. The van der Waals surface area contributed by atoms with Gasteiger partial charge in [-0.3, -0.25) is 0 Å². The van der Waals surface area contributed by atoms with Crippen LogP contribution in [-0.4, -0.2) is 19.8 Å². The van der Waals surface area contributed by atoms with Crippen LogP contribution >= 0.6 is 11.8 Å². The van der Waals surface area contributed by atoms with Gasteiger partial charge in [0.1, 0.15) is 12.4 Å². The van der Waals surface area contributed by atoms with Gasteiger partial charge in [-0.1, -0.05) is 36.4 Å². The monoisotopic (exact) mass is 287 g/mol. The van der Waals surface area contributed by atoms with Crippen LogP contribution in [0.5, 0.6) is 5.75 Å². The standard InChI is InChI=1S/C17H21NOS/c1-18-12-11-14-7-3-4-8-15(14)13-19-16-9-5-6-10-17(16)20-2/h3-10,18H,11-13H2,1-2H3. The number of para-hydroxylation sites is 1. The van der Waals surface area contributed by atoms with Crippen LogP contribution in [0.15, 0.2) is 53.4 Å². The van der Waals surface area contributed by atoms with Crippen molar-refractivity contribution in [1.82, 2.24) is 5.32 Å². The van der Waals surface area contributed by atoms with Crippen LogP contribution in [0.25, 0.3) is 0 Å². The SMILES string of the molecule is CNCCc1ccccc1COc1ccccc1SC. The van der Waals surface area contributed by atoms with E-state index in [1.165, 1.54) is 16.0 Å². The maximum atomic E-state index is 5.99. The lowest BCUT2D eigenvalue weighted by Gasteiger charge is -2.13. The zero-order valence-electron chi connectivity index (χ0n) is 12.1. The molecule has 2 aromatic carbocycles. The summed E-state index contributed by atoms with van der Waals surface area (Å²) in [6, 6.07) is 16.7. The Kier molecular flexibility index (Phi) is 5.96. The van der Waals surface area contributed by atoms with Gasteiger partial charge in [0.05, 0.1) is 0 Å². The van der Waals surface area contributed by atoms with Gasteiger partial charge < -0.3 is 10.1 Å². The van der Waals surface area contributed by atoms with E-state index in [0.717, 1.165) is 18.7 Å². The number of hydrogen-bond donors (Lipinski definition) is 1. The molecule has 0 unspecified atom stereocenters. The molecule has 0 atom stereocenters. The average molecular weight is 287 g/mol. The second-order valence-corrected chi connectivity index (χ2v) is 5.41. The van der Waals surface area contributed by atoms with Gasteiger partial charge in [0.15, 0.2) is 0 Å². The van der Waals surface area contributed by atoms with Gasteiger partial charge >= 0.3 is 0 Å². The Hall–Kier alpha value is -1.45. The Morgan fingerprint density at radius 3 is 2.45 bits per heavy atom. The van der Waals surface area contributed by atoms with Crippen LogP contribution in [-0.2, 0) is 13.0 Å². The molecule has 3 heteroatoms. The van der Waals surface area contributed by atoms with E-state index in [0.29, 0.717) is 6.61 Å². The number of thioether (sulfide) groups is 1. The lowest BCUT2D eigenvalue weighted by atomic mass is 10.1. The van der Waals surface area contributed by atoms with Crippen molar-refractivity contribution in [3.8, 4) is 5.75 Å². The van der Waals surface area contributed by atoms with E-state index < -0.39 is 0 Å². The van der Waals surface area contributed by atoms with Crippen molar-refractivity contribution in [2.24, 2.45) is 0 Å². The van der Waals surface area contributed by atoms with Gasteiger partial charge in [-0.25, -0.2) is 0 Å². The lowest BCUT2D eigenvalue weighted by Crippen LogP contribution is -2.12. The van der Waals surface area contributed by atoms with E-state index in [1.807, 2.05) is 25.2 Å². The third-order valence-corrected chi connectivity index (χ3v) is 3.99. The van der Waals surface area contributed by atoms with Crippen molar-refractivity contribution in [2.75, 3.05) is 19.8 Å². The van der Waals surface area contributed by atoms with Gasteiger partial charge in [-0.15, -0.1) is 11.8 Å². The topological polar surface area (TPSA) is 21.3 Å². The van der Waals surface area contributed by atoms with Gasteiger partial charge in [-0.2, -0.15) is 0 Å². The number of rotatable bonds is 7. The predicted molar refractivity (Wildman–Crippen MR) is 86.6 cm³/mol. The fourth-order valence-corrected chi connectivity index (χ4v) is 2.64. The summed E-state index contributed by atoms with van der Waals surface area (Å²) in [7, 11) is 1.98. The first-order valence-electron chi connectivity index (χ1n) is 6.82. The summed E-state index contributed by atoms with van der Waals surface area (Å²) in [5, 5.41) is 3.19. The molecular formula is C17H21NOS. The number of nitrogens with one attached hydrogen (secondary N) is 1. The van der Waals surface area contributed by atoms with E-state index in [1.54, 1.807) is 11.8 Å². The van der Waals surface area contributed by atoms with Gasteiger partial charge in [0.25, 0.3) is 0 Å². The molecule has 2 rings (SSSR count). The first-order valence-corrected chi connectivity index (χ1v) is 8.05. The number of likely N-dealkylation sites (N-methyl/N-ethyl adjacent to an activating group) is 1. The summed E-state index contributed by atoms with van der Waals surface area (Å²) in [6.07, 6.45) is 3.10. The fourth-order valence-electron chi connectivity index (χ4n) is 2.10. The minimum Gasteiger partial charge on any atom is -0.488 e. The molecule has 0 aliphatic rings. The van der Waals surface area contributed by atoms with E-state index in [4.69, 9.17) is 4.74 Å². The molecule has 0 spiro atoms. The highest BCUT2D eigenvalue weighted by atomic mass is 32.2. The van der Waals surface area contributed by atoms with Crippen LogP contribution in [0, 0.1) is 0 Å². The quantitative estimate of drug-likeness (QED) is 0.784. The van der Waals surface area contributed by atoms with E-state index in [-0.39, 0.29) is 0 Å². The second-order valence-electron chi connectivity index (χ2n) is 4.56. The molecule has 2 aromatic rings. The molecule has 20 heavy (non-hydrogen) atoms. The lowest BCUT2D eigenvalue weighted by molar-refractivity contribution is 0.297. The second kappa shape index (κ2) is 7.98. The molecule has 0 heterocycles. The van der Waals surface area contributed by atoms with Gasteiger partial charge in [0.2, 0.25) is 0 Å². The maximum Gasteiger partial charge on any atom is 0.133 e. The van der Waals surface area contributed by atoms with E-state index >= 15 is 0 Å². The minimum absolute atomic E-state index is 0.622. The van der Waals surface area contributed by atoms with Gasteiger partial charge in [-0.05, 0) is 49.5 Å². The molecule has 2 nitrogen and oxygen atoms in total. The average Bonchev–Trinajstić information content (AvgIpc) is 2.52. The number of ether oxygens (including phenoxy) is 1. The van der Waals surface area contributed by atoms with Crippen LogP contribution < -0.4 is 10.1 Å². The van der Waals surface area contributed by atoms with Crippen LogP contribution in [0.4, 0.5) is 0 Å². The Bertz CT molecular complexity index is 542. The predicted octanol–water partition coefficient (Wildman–Crippen LogP) is 3.75. The normalized spacial score (nSPS) is 10.5. The third kappa shape index (κ3) is 4.02. The summed E-state index contributed by atoms with van der Waals surface area (Å²) in [5.74, 6) is 0.961. The van der Waals surface area contributed by atoms with Crippen molar-refractivity contribution >= 4 is 11.8 Å². The summed E-state index contributed by atoms with van der Waals surface area (Å²) in [4.78, 5) is 1.18. The zero-order valence-corrected chi connectivity index (χ0v) is 12.9. The Labute approximate surface area is 125 Å². The fraction of sp³-hybridized carbons (Fsp3) is 0.294. The van der Waals surface area contributed by atoms with Crippen LogP contribution in [0.3, 0.4) is 0 Å². The first-order chi connectivity index (χ1) is 9.85. The molecule has 0 bridgehead atoms. The zero-order chi connectivity index (χ0) is 14.2. The molecule has 106 valence electrons. The third-order valence-electron chi connectivity index (χ3n) is 3.21. The maximum absolute atomic E-state index is 5.99. The molecule has 0 aliphatic carbocycles. The molecule has 0 aromatic heterocycles. The Morgan fingerprint density at radius 1 is 1.00 bits per heavy atom. The van der Waals surface area contributed by atoms with Crippen LogP contribution in [0.1, 0.15) is 11.1 Å². The highest BCUT2D eigenvalue weighted by Crippen LogP contribution is 2.27. The highest BCUT2D eigenvalue weighted by molar-refractivity contribution is 7.98. The van der Waals surface area contributed by atoms with Crippen molar-refractivity contribution in [1.29, 1.82) is 0 Å². The molecular weight excluding hydrogens is 266 g/mol. The molecule has 0 amide bonds. The smallest absolute Gasteiger partial charge is 0.133 e. The number of hydrogen-bond acceptors (Lipinski definition) is 3. The van der Waals surface area contributed by atoms with E-state index in [9.17, 15) is 0 Å². The Morgan fingerprint density at radius 2 is 1.70 bits per heavy atom. The largest absolute Gasteiger partial charge is 0.488 e. The van der Waals surface area contributed by atoms with Crippen molar-refractivity contribution in [3.05, 3.63) is 59.7 Å². The molecule has 0 aliphatic heterocycles. The van der Waals surface area contributed by atoms with Crippen molar-refractivity contribution in [3.63, 3.8) is 0 Å². The van der Waals surface area contributed by atoms with E-state index in [2.05, 4.69) is 41.9 Å². The summed E-state index contributed by atoms with van der Waals surface area (Å²) >= 11 is 1.71. The highest BCUT2D eigenvalue weighted by Gasteiger charge is 2.05. The molecule has 0 saturated carbocycles.